The predicted molar refractivity (Wildman–Crippen MR) is 146 cm³/mol. The highest BCUT2D eigenvalue weighted by atomic mass is 35.5. The van der Waals surface area contributed by atoms with Crippen molar-refractivity contribution in [2.24, 2.45) is 11.8 Å². The van der Waals surface area contributed by atoms with Crippen molar-refractivity contribution in [3.8, 4) is 0 Å². The Morgan fingerprint density at radius 1 is 1.28 bits per heavy atom. The van der Waals surface area contributed by atoms with Gasteiger partial charge >= 0.3 is 5.97 Å². The number of aliphatic hydroxyl groups is 1. The van der Waals surface area contributed by atoms with E-state index in [0.29, 0.717) is 29.1 Å². The average molecular weight is 553 g/mol. The van der Waals surface area contributed by atoms with Crippen molar-refractivity contribution >= 4 is 35.1 Å². The Kier molecular flexibility index (Phi) is 7.55. The van der Waals surface area contributed by atoms with Gasteiger partial charge in [0.05, 0.1) is 47.9 Å². The maximum atomic E-state index is 14.7. The Morgan fingerprint density at radius 3 is 2.67 bits per heavy atom. The van der Waals surface area contributed by atoms with Gasteiger partial charge in [-0.05, 0) is 43.9 Å². The first kappa shape index (κ1) is 27.4. The smallest absolute Gasteiger partial charge is 0.312 e. The third kappa shape index (κ3) is 4.26. The first-order valence-corrected chi connectivity index (χ1v) is 13.7. The predicted octanol–water partition coefficient (Wildman–Crippen LogP) is 3.84. The van der Waals surface area contributed by atoms with Crippen LogP contribution in [0.25, 0.3) is 0 Å². The zero-order valence-corrected chi connectivity index (χ0v) is 22.8. The molecule has 0 aromatic heterocycles. The summed E-state index contributed by atoms with van der Waals surface area (Å²) in [5.41, 5.74) is 0.734. The molecule has 1 spiro atoms. The summed E-state index contributed by atoms with van der Waals surface area (Å²) in [4.78, 5) is 45.1. The van der Waals surface area contributed by atoms with Crippen LogP contribution in [0.1, 0.15) is 36.9 Å². The van der Waals surface area contributed by atoms with E-state index in [4.69, 9.17) is 21.1 Å². The normalized spacial score (nSPS) is 27.8. The zero-order chi connectivity index (χ0) is 27.9. The van der Waals surface area contributed by atoms with E-state index in [2.05, 4.69) is 6.58 Å². The van der Waals surface area contributed by atoms with E-state index < -0.39 is 60.0 Å². The largest absolute Gasteiger partial charge is 0.466 e. The maximum absolute atomic E-state index is 14.7. The quantitative estimate of drug-likeness (QED) is 0.375. The van der Waals surface area contributed by atoms with E-state index in [0.717, 1.165) is 5.56 Å². The number of nitrogens with zero attached hydrogens (tertiary/aromatic N) is 2. The molecule has 3 heterocycles. The molecule has 206 valence electrons. The summed E-state index contributed by atoms with van der Waals surface area (Å²) < 4.78 is 11.9. The number of amides is 2. The summed E-state index contributed by atoms with van der Waals surface area (Å²) in [5, 5.41) is 11.0. The molecule has 0 aliphatic carbocycles. The third-order valence-electron chi connectivity index (χ3n) is 8.26. The Labute approximate surface area is 233 Å². The van der Waals surface area contributed by atoms with Gasteiger partial charge in [0.15, 0.2) is 0 Å². The number of rotatable bonds is 9. The van der Waals surface area contributed by atoms with Gasteiger partial charge < -0.3 is 24.4 Å². The summed E-state index contributed by atoms with van der Waals surface area (Å²) in [6, 6.07) is 12.5. The van der Waals surface area contributed by atoms with E-state index in [1.54, 1.807) is 25.1 Å². The summed E-state index contributed by atoms with van der Waals surface area (Å²) in [7, 11) is 0. The highest BCUT2D eigenvalue weighted by Gasteiger charge is 2.75. The minimum absolute atomic E-state index is 0.141. The van der Waals surface area contributed by atoms with Gasteiger partial charge in [-0.3, -0.25) is 14.4 Å². The number of esters is 1. The highest BCUT2D eigenvalue weighted by molar-refractivity contribution is 6.34. The lowest BCUT2D eigenvalue weighted by Crippen LogP contribution is -2.57. The van der Waals surface area contributed by atoms with Gasteiger partial charge in [-0.1, -0.05) is 60.1 Å². The second kappa shape index (κ2) is 10.8. The van der Waals surface area contributed by atoms with Crippen molar-refractivity contribution < 1.29 is 29.0 Å². The first-order chi connectivity index (χ1) is 18.8. The number of hydrogen-bond acceptors (Lipinski definition) is 6. The van der Waals surface area contributed by atoms with Crippen molar-refractivity contribution in [3.63, 3.8) is 0 Å². The molecule has 3 saturated heterocycles. The van der Waals surface area contributed by atoms with Crippen LogP contribution in [-0.4, -0.2) is 65.3 Å². The number of para-hydroxylation sites is 1. The molecular formula is C30H33ClN2O6. The van der Waals surface area contributed by atoms with Gasteiger partial charge in [0, 0.05) is 6.54 Å². The molecule has 8 nitrogen and oxygen atoms in total. The zero-order valence-electron chi connectivity index (χ0n) is 22.1. The van der Waals surface area contributed by atoms with Crippen LogP contribution >= 0.6 is 11.6 Å². The molecule has 1 N–H and O–H groups in total. The van der Waals surface area contributed by atoms with Gasteiger partial charge in [0.1, 0.15) is 11.6 Å². The second-order valence-corrected chi connectivity index (χ2v) is 10.7. The summed E-state index contributed by atoms with van der Waals surface area (Å²) in [5.74, 6) is -3.02. The van der Waals surface area contributed by atoms with Crippen LogP contribution in [0.2, 0.25) is 5.02 Å². The fourth-order valence-electron chi connectivity index (χ4n) is 6.78. The van der Waals surface area contributed by atoms with Gasteiger partial charge in [0.2, 0.25) is 5.91 Å². The minimum Gasteiger partial charge on any atom is -0.466 e. The molecule has 0 radical (unpaired) electrons. The summed E-state index contributed by atoms with van der Waals surface area (Å²) in [6.07, 6.45) is 2.03. The third-order valence-corrected chi connectivity index (χ3v) is 8.56. The average Bonchev–Trinajstić information content (AvgIpc) is 3.57. The van der Waals surface area contributed by atoms with Crippen LogP contribution in [0.5, 0.6) is 0 Å². The highest BCUT2D eigenvalue weighted by Crippen LogP contribution is 2.60. The topological polar surface area (TPSA) is 96.4 Å². The number of benzene rings is 2. The molecule has 2 unspecified atom stereocenters. The SMILES string of the molecule is C=CCN(C(=O)C1N([C@H](CO)c2ccccc2)C(=O)[C@@H]2[C@H](C(=O)OCC)[C@@H]3CCC12O3)c1c(C)cccc1Cl. The van der Waals surface area contributed by atoms with Crippen LogP contribution in [-0.2, 0) is 23.9 Å². The van der Waals surface area contributed by atoms with Crippen molar-refractivity contribution in [2.45, 2.75) is 50.5 Å². The Hall–Kier alpha value is -3.20. The van der Waals surface area contributed by atoms with Crippen LogP contribution in [0.4, 0.5) is 5.69 Å². The number of anilines is 1. The van der Waals surface area contributed by atoms with Gasteiger partial charge in [-0.15, -0.1) is 6.58 Å². The summed E-state index contributed by atoms with van der Waals surface area (Å²) in [6.45, 7) is 7.32. The second-order valence-electron chi connectivity index (χ2n) is 10.3. The lowest BCUT2D eigenvalue weighted by molar-refractivity contribution is -0.155. The molecule has 5 rings (SSSR count). The molecule has 9 heteroatoms. The van der Waals surface area contributed by atoms with E-state index in [1.165, 1.54) is 9.80 Å². The van der Waals surface area contributed by atoms with Crippen molar-refractivity contribution in [1.29, 1.82) is 0 Å². The van der Waals surface area contributed by atoms with E-state index >= 15 is 0 Å². The van der Waals surface area contributed by atoms with E-state index in [9.17, 15) is 19.5 Å². The summed E-state index contributed by atoms with van der Waals surface area (Å²) >= 11 is 6.61. The first-order valence-electron chi connectivity index (χ1n) is 13.3. The van der Waals surface area contributed by atoms with E-state index in [1.807, 2.05) is 43.3 Å². The molecular weight excluding hydrogens is 520 g/mol. The van der Waals surface area contributed by atoms with Crippen LogP contribution < -0.4 is 4.90 Å². The molecule has 6 atom stereocenters. The van der Waals surface area contributed by atoms with E-state index in [-0.39, 0.29) is 13.2 Å². The Balaban J connectivity index is 1.67. The monoisotopic (exact) mass is 552 g/mol. The fourth-order valence-corrected chi connectivity index (χ4v) is 7.10. The number of likely N-dealkylation sites (tertiary alicyclic amines) is 1. The molecule has 3 fully saturated rings. The molecule has 39 heavy (non-hydrogen) atoms. The molecule has 3 aliphatic rings. The number of aliphatic hydroxyl groups excluding tert-OH is 1. The molecule has 2 bridgehead atoms. The Morgan fingerprint density at radius 2 is 2.03 bits per heavy atom. The number of aryl methyl sites for hydroxylation is 1. The van der Waals surface area contributed by atoms with Crippen LogP contribution in [0.3, 0.4) is 0 Å². The molecule has 3 aliphatic heterocycles. The van der Waals surface area contributed by atoms with Crippen LogP contribution in [0.15, 0.2) is 61.2 Å². The molecule has 2 aromatic rings. The number of hydrogen-bond donors (Lipinski definition) is 1. The van der Waals surface area contributed by atoms with Crippen molar-refractivity contribution in [3.05, 3.63) is 77.3 Å². The van der Waals surface area contributed by atoms with Crippen molar-refractivity contribution in [2.75, 3.05) is 24.7 Å². The maximum Gasteiger partial charge on any atom is 0.312 e. The van der Waals surface area contributed by atoms with Crippen molar-refractivity contribution in [1.82, 2.24) is 4.90 Å². The number of halogens is 1. The number of carbonyl (C=O) groups excluding carboxylic acids is 3. The van der Waals surface area contributed by atoms with Gasteiger partial charge in [0.25, 0.3) is 5.91 Å². The number of ether oxygens (including phenoxy) is 2. The molecule has 0 saturated carbocycles. The minimum atomic E-state index is -1.24. The lowest BCUT2D eigenvalue weighted by Gasteiger charge is -2.39. The number of fused-ring (bicyclic) bond motifs is 1. The van der Waals surface area contributed by atoms with Gasteiger partial charge in [-0.25, -0.2) is 0 Å². The fraction of sp³-hybridized carbons (Fsp3) is 0.433. The number of carbonyl (C=O) groups is 3. The standard InChI is InChI=1S/C30H33ClN2O6/c1-4-16-32(25-18(3)10-9-13-20(25)31)28(36)26-30-15-14-22(39-30)23(29(37)38-5-2)24(30)27(35)33(26)21(17-34)19-11-7-6-8-12-19/h4,6-13,21-24,26,34H,1,5,14-17H2,2-3H3/t21-,22+,23-,24+,26?,30?/m1/s1. The Bertz CT molecular complexity index is 1270. The van der Waals surface area contributed by atoms with Crippen LogP contribution in [0, 0.1) is 18.8 Å². The van der Waals surface area contributed by atoms with Gasteiger partial charge in [-0.2, -0.15) is 0 Å². The molecule has 2 aromatic carbocycles. The lowest BCUT2D eigenvalue weighted by atomic mass is 9.70. The molecule has 2 amide bonds.